The molecule has 9 heterocycles. The van der Waals surface area contributed by atoms with Gasteiger partial charge in [0.15, 0.2) is 0 Å². The summed E-state index contributed by atoms with van der Waals surface area (Å²) in [6.07, 6.45) is 0. The molecular formula is C62H46Cl4N8O12. The highest BCUT2D eigenvalue weighted by Crippen LogP contribution is 2.37. The summed E-state index contributed by atoms with van der Waals surface area (Å²) < 4.78 is 0. The third-order valence-corrected chi connectivity index (χ3v) is 16.7. The van der Waals surface area contributed by atoms with Crippen molar-refractivity contribution in [3.05, 3.63) is 176 Å². The molecule has 0 atom stereocenters. The maximum absolute atomic E-state index is 14.2. The Morgan fingerprint density at radius 2 is 0.337 bits per heavy atom. The predicted octanol–water partition coefficient (Wildman–Crippen LogP) is 7.14. The van der Waals surface area contributed by atoms with E-state index in [1.54, 1.807) is 82.6 Å². The van der Waals surface area contributed by atoms with Gasteiger partial charge >= 0.3 is 0 Å². The lowest BCUT2D eigenvalue weighted by atomic mass is 9.97. The van der Waals surface area contributed by atoms with E-state index in [1.807, 2.05) is 0 Å². The van der Waals surface area contributed by atoms with E-state index in [4.69, 9.17) is 46.4 Å². The number of carbonyl (C=O) groups excluding carboxylic acids is 12. The van der Waals surface area contributed by atoms with Crippen LogP contribution in [0.2, 0.25) is 0 Å². The van der Waals surface area contributed by atoms with Crippen LogP contribution < -0.4 is 0 Å². The van der Waals surface area contributed by atoms with Crippen LogP contribution in [-0.2, 0) is 0 Å². The first-order valence-corrected chi connectivity index (χ1v) is 29.3. The fraction of sp³-hybridized carbons (Fsp3) is 0.226. The predicted molar refractivity (Wildman–Crippen MR) is 314 cm³/mol. The highest BCUT2D eigenvalue weighted by atomic mass is 35.5. The molecule has 12 amide bonds. The van der Waals surface area contributed by atoms with Crippen molar-refractivity contribution in [1.82, 2.24) is 39.2 Å². The molecule has 0 spiro atoms. The number of hydrogen-bond donors (Lipinski definition) is 0. The van der Waals surface area contributed by atoms with Gasteiger partial charge < -0.3 is 0 Å². The minimum Gasteiger partial charge on any atom is -0.298 e. The van der Waals surface area contributed by atoms with Crippen LogP contribution in [0.4, 0.5) is 0 Å². The number of amides is 12. The van der Waals surface area contributed by atoms with Crippen LogP contribution in [0.1, 0.15) is 124 Å². The lowest BCUT2D eigenvalue weighted by Crippen LogP contribution is -2.45. The molecule has 0 fully saturated rings. The van der Waals surface area contributed by atoms with E-state index in [-0.39, 0.29) is 156 Å². The Balaban J connectivity index is 0.00000116. The summed E-state index contributed by atoms with van der Waals surface area (Å²) in [5.41, 5.74) is 4.35. The van der Waals surface area contributed by atoms with Gasteiger partial charge in [-0.15, -0.1) is 46.4 Å². The van der Waals surface area contributed by atoms with Crippen LogP contribution in [0.3, 0.4) is 0 Å². The van der Waals surface area contributed by atoms with Gasteiger partial charge in [-0.25, -0.2) is 0 Å². The van der Waals surface area contributed by atoms with Gasteiger partial charge in [0.25, 0.3) is 70.9 Å². The molecule has 0 aromatic heterocycles. The molecule has 20 nitrogen and oxygen atoms in total. The van der Waals surface area contributed by atoms with E-state index in [2.05, 4.69) is 0 Å². The standard InChI is InChI=1S/C60H42N8O12.2CH2Cl2/c69-49-37-7-1-31-25-43(37)55(75)63(49)19-13-61-15-21-65-51(71)39-9-3-33(27-45(39)57(65)77)35-5-11-41-47(29-35)59(79)67(53(41)73)23-17-62(14-20-64-50(70)38-8-2-32(31)26-44(38)56(64)76)18-24-68-54(74)42-12-6-36(30-48(42)60(68)80)34-4-10-40-46(28-34)58(78)66(22-16-61)52(40)72;2*2-1-3/h1-12,25-30H,13-24H2;2*1H2. The highest BCUT2D eigenvalue weighted by molar-refractivity contribution is 6.41. The van der Waals surface area contributed by atoms with Gasteiger partial charge in [-0.05, 0) is 106 Å². The molecule has 6 aromatic rings. The van der Waals surface area contributed by atoms with E-state index >= 15 is 0 Å². The summed E-state index contributed by atoms with van der Waals surface area (Å²) in [5.74, 6) is -6.96. The normalized spacial score (nSPS) is 19.5. The molecule has 0 N–H and O–H groups in total. The number of fused-ring (bicyclic) bond motifs is 6. The van der Waals surface area contributed by atoms with Crippen LogP contribution in [0.25, 0.3) is 33.4 Å². The fourth-order valence-corrected chi connectivity index (χ4v) is 12.2. The summed E-state index contributed by atoms with van der Waals surface area (Å²) in [5, 5.41) is 0.389. The van der Waals surface area contributed by atoms with Gasteiger partial charge in [0.2, 0.25) is 0 Å². The van der Waals surface area contributed by atoms with Crippen molar-refractivity contribution < 1.29 is 57.5 Å². The Bertz CT molecular complexity index is 3430. The first-order chi connectivity index (χ1) is 41.5. The number of imide groups is 6. The van der Waals surface area contributed by atoms with Crippen molar-refractivity contribution in [2.75, 3.05) is 89.2 Å². The summed E-state index contributed by atoms with van der Waals surface area (Å²) >= 11 is 19.1. The zero-order valence-electron chi connectivity index (χ0n) is 45.3. The van der Waals surface area contributed by atoms with E-state index in [1.165, 1.54) is 36.4 Å². The summed E-state index contributed by atoms with van der Waals surface area (Å²) in [6, 6.07) is 28.2. The Labute approximate surface area is 509 Å². The monoisotopic (exact) mass is 1230 g/mol. The zero-order valence-corrected chi connectivity index (χ0v) is 48.3. The molecule has 9 aliphatic heterocycles. The van der Waals surface area contributed by atoms with Crippen LogP contribution in [0, 0.1) is 0 Å². The summed E-state index contributed by atoms with van der Waals surface area (Å²) in [6.45, 7) is -1.07. The van der Waals surface area contributed by atoms with Gasteiger partial charge in [-0.3, -0.25) is 96.7 Å². The highest BCUT2D eigenvalue weighted by Gasteiger charge is 2.43. The number of benzene rings is 6. The Morgan fingerprint density at radius 3 is 0.477 bits per heavy atom. The van der Waals surface area contributed by atoms with Crippen molar-refractivity contribution in [1.29, 1.82) is 0 Å². The fourth-order valence-electron chi connectivity index (χ4n) is 12.2. The molecule has 434 valence electrons. The second-order valence-corrected chi connectivity index (χ2v) is 22.6. The summed E-state index contributed by atoms with van der Waals surface area (Å²) in [4.78, 5) is 179. The molecule has 6 aromatic carbocycles. The van der Waals surface area contributed by atoms with Gasteiger partial charge in [-0.2, -0.15) is 0 Å². The van der Waals surface area contributed by atoms with Crippen LogP contribution in [-0.4, -0.2) is 199 Å². The molecule has 9 aliphatic rings. The molecule has 0 saturated carbocycles. The van der Waals surface area contributed by atoms with E-state index < -0.39 is 70.9 Å². The molecule has 15 rings (SSSR count). The first kappa shape index (κ1) is 57.7. The van der Waals surface area contributed by atoms with Crippen molar-refractivity contribution in [3.63, 3.8) is 0 Å². The van der Waals surface area contributed by atoms with Crippen molar-refractivity contribution in [2.45, 2.75) is 0 Å². The van der Waals surface area contributed by atoms with Crippen molar-refractivity contribution >= 4 is 117 Å². The first-order valence-electron chi connectivity index (χ1n) is 27.2. The smallest absolute Gasteiger partial charge is 0.261 e. The second-order valence-electron chi connectivity index (χ2n) is 21.0. The third-order valence-electron chi connectivity index (χ3n) is 16.7. The third kappa shape index (κ3) is 9.66. The lowest BCUT2D eigenvalue weighted by molar-refractivity contribution is 0.0564. The van der Waals surface area contributed by atoms with Gasteiger partial charge in [-0.1, -0.05) is 36.4 Å². The lowest BCUT2D eigenvalue weighted by Gasteiger charge is -2.28. The topological polar surface area (TPSA) is 231 Å². The van der Waals surface area contributed by atoms with E-state index in [9.17, 15) is 57.5 Å². The molecule has 20 bridgehead atoms. The van der Waals surface area contributed by atoms with Gasteiger partial charge in [0.1, 0.15) is 0 Å². The van der Waals surface area contributed by atoms with Gasteiger partial charge in [0, 0.05) is 78.5 Å². The second kappa shape index (κ2) is 22.9. The van der Waals surface area contributed by atoms with Crippen LogP contribution in [0.15, 0.2) is 109 Å². The Morgan fingerprint density at radius 1 is 0.209 bits per heavy atom. The minimum atomic E-state index is -0.593. The average Bonchev–Trinajstić information content (AvgIpc) is 2.07. The van der Waals surface area contributed by atoms with Crippen molar-refractivity contribution in [3.8, 4) is 33.4 Å². The number of nitrogens with zero attached hydrogens (tertiary/aromatic N) is 8. The average molecular weight is 1240 g/mol. The molecule has 86 heavy (non-hydrogen) atoms. The Kier molecular flexibility index (Phi) is 15.4. The van der Waals surface area contributed by atoms with E-state index in [0.29, 0.717) is 33.4 Å². The largest absolute Gasteiger partial charge is 0.298 e. The van der Waals surface area contributed by atoms with Crippen LogP contribution in [0.5, 0.6) is 0 Å². The van der Waals surface area contributed by atoms with Gasteiger partial charge in [0.05, 0.1) is 77.4 Å². The molecule has 0 saturated heterocycles. The maximum atomic E-state index is 14.2. The molecule has 0 radical (unpaired) electrons. The molecule has 0 unspecified atom stereocenters. The summed E-state index contributed by atoms with van der Waals surface area (Å²) in [7, 11) is 0. The van der Waals surface area contributed by atoms with Crippen LogP contribution >= 0.6 is 46.4 Å². The zero-order chi connectivity index (χ0) is 60.6. The van der Waals surface area contributed by atoms with Crippen molar-refractivity contribution in [2.24, 2.45) is 0 Å². The minimum absolute atomic E-state index is 0.0118. The number of carbonyl (C=O) groups is 12. The molecule has 24 heteroatoms. The molecule has 0 aliphatic carbocycles. The number of rotatable bonds is 0. The maximum Gasteiger partial charge on any atom is 0.261 e. The number of halogens is 4. The number of alkyl halides is 4. The SMILES string of the molecule is ClCCl.ClCCl.O=C1c2ccc3cc2C(=O)N1CCN1CCN2C(=O)c4ccc(cc4C2=O)-c2ccc4c(c2)C(=O)N(CCN(CCN2C(=O)c5ccc-3cc5C2=O)CCN2C(=O)c3ccc(cc3C2=O)-c2ccc3c(c2)C(=O)N(CC1)C3=O)C4=O. The van der Waals surface area contributed by atoms with E-state index in [0.717, 1.165) is 29.4 Å². The Hall–Kier alpha value is -8.76. The molecular weight excluding hydrogens is 1190 g/mol. The quantitative estimate of drug-likeness (QED) is 0.109. The number of hydrogen-bond acceptors (Lipinski definition) is 14.